The lowest BCUT2D eigenvalue weighted by Crippen LogP contribution is -2.58. The fraction of sp³-hybridized carbons (Fsp3) is 0.926. The van der Waals surface area contributed by atoms with E-state index in [2.05, 4.69) is 5.16 Å². The molecule has 2 aliphatic heterocycles. The highest BCUT2D eigenvalue weighted by Gasteiger charge is 2.50. The summed E-state index contributed by atoms with van der Waals surface area (Å²) in [5.74, 6) is -4.18. The van der Waals surface area contributed by atoms with Crippen LogP contribution in [-0.2, 0) is 19.0 Å². The number of cyclic esters (lactones) is 1. The Morgan fingerprint density at radius 3 is 2.18 bits per heavy atom. The quantitative estimate of drug-likeness (QED) is 0.173. The Hall–Kier alpha value is -1.34. The largest absolute Gasteiger partial charge is 0.459 e. The molecule has 2 rings (SSSR count). The van der Waals surface area contributed by atoms with Crippen molar-refractivity contribution in [3.8, 4) is 0 Å². The van der Waals surface area contributed by atoms with Crippen molar-refractivity contribution >= 4 is 11.7 Å². The molecule has 2 heterocycles. The molecule has 0 aromatic rings. The zero-order valence-electron chi connectivity index (χ0n) is 23.9. The van der Waals surface area contributed by atoms with Gasteiger partial charge in [-0.1, -0.05) is 32.9 Å². The van der Waals surface area contributed by atoms with Crippen LogP contribution in [0.4, 0.5) is 0 Å². The third kappa shape index (κ3) is 7.04. The van der Waals surface area contributed by atoms with Gasteiger partial charge in [0.05, 0.1) is 41.6 Å². The summed E-state index contributed by atoms with van der Waals surface area (Å²) < 4.78 is 17.6. The molecule has 13 atom stereocenters. The van der Waals surface area contributed by atoms with Crippen LogP contribution in [-0.4, -0.2) is 96.5 Å². The van der Waals surface area contributed by atoms with Crippen molar-refractivity contribution in [2.24, 2.45) is 28.8 Å². The Kier molecular flexibility index (Phi) is 11.1. The first-order chi connectivity index (χ1) is 17.5. The lowest BCUT2D eigenvalue weighted by Gasteiger charge is -2.45. The number of esters is 1. The minimum absolute atomic E-state index is 0.0261. The number of hydrogen-bond donors (Lipinski definition) is 6. The molecule has 6 N–H and O–H groups in total. The standard InChI is InChI=1S/C27H49NO10/c1-9-19-27(8,34)22(31)15(4)20(28-35)13(2)12-26(7,33)23(16(5)21(30)17(6)24(32)37-19)38-25-18(29)11-10-14(3)36-25/h13-19,21-23,25,29-31,33-35H,9-12H2,1-8H3/b28-20+/t13-,14-,15+,16+,17-,18-,19-,21+,22-,23-,25+,26-,27-/m1/s1. The summed E-state index contributed by atoms with van der Waals surface area (Å²) in [6.07, 6.45) is -6.03. The molecule has 0 bridgehead atoms. The molecule has 0 radical (unpaired) electrons. The van der Waals surface area contributed by atoms with Crippen molar-refractivity contribution < 1.29 is 49.7 Å². The highest BCUT2D eigenvalue weighted by Crippen LogP contribution is 2.37. The van der Waals surface area contributed by atoms with E-state index in [0.29, 0.717) is 12.8 Å². The summed E-state index contributed by atoms with van der Waals surface area (Å²) in [6.45, 7) is 12.8. The highest BCUT2D eigenvalue weighted by molar-refractivity contribution is 5.88. The van der Waals surface area contributed by atoms with Crippen molar-refractivity contribution in [2.75, 3.05) is 0 Å². The summed E-state index contributed by atoms with van der Waals surface area (Å²) in [4.78, 5) is 13.1. The number of ether oxygens (including phenoxy) is 3. The molecule has 0 unspecified atom stereocenters. The molecule has 2 fully saturated rings. The number of hydrogen-bond acceptors (Lipinski definition) is 11. The van der Waals surface area contributed by atoms with E-state index in [0.717, 1.165) is 0 Å². The third-order valence-corrected chi connectivity index (χ3v) is 8.50. The molecule has 2 saturated heterocycles. The number of oxime groups is 1. The van der Waals surface area contributed by atoms with Gasteiger partial charge in [0.15, 0.2) is 6.29 Å². The maximum absolute atomic E-state index is 13.1. The van der Waals surface area contributed by atoms with E-state index >= 15 is 0 Å². The van der Waals surface area contributed by atoms with Crippen LogP contribution in [0.2, 0.25) is 0 Å². The van der Waals surface area contributed by atoms with Gasteiger partial charge in [-0.25, -0.2) is 0 Å². The van der Waals surface area contributed by atoms with Gasteiger partial charge in [0, 0.05) is 17.8 Å². The van der Waals surface area contributed by atoms with Gasteiger partial charge in [0.25, 0.3) is 0 Å². The van der Waals surface area contributed by atoms with Gasteiger partial charge in [-0.15, -0.1) is 0 Å². The van der Waals surface area contributed by atoms with Crippen molar-refractivity contribution in [1.82, 2.24) is 0 Å². The minimum atomic E-state index is -1.90. The van der Waals surface area contributed by atoms with E-state index in [1.165, 1.54) is 20.8 Å². The first-order valence-electron chi connectivity index (χ1n) is 13.7. The summed E-state index contributed by atoms with van der Waals surface area (Å²) in [5.41, 5.74) is -3.45. The van der Waals surface area contributed by atoms with Crippen LogP contribution in [0.1, 0.15) is 81.1 Å². The van der Waals surface area contributed by atoms with E-state index in [1.807, 2.05) is 6.92 Å². The van der Waals surface area contributed by atoms with Crippen LogP contribution in [0, 0.1) is 23.7 Å². The van der Waals surface area contributed by atoms with Gasteiger partial charge in [-0.05, 0) is 53.4 Å². The fourth-order valence-corrected chi connectivity index (χ4v) is 6.01. The van der Waals surface area contributed by atoms with Gasteiger partial charge in [-0.2, -0.15) is 0 Å². The Morgan fingerprint density at radius 2 is 1.63 bits per heavy atom. The lowest BCUT2D eigenvalue weighted by atomic mass is 9.73. The van der Waals surface area contributed by atoms with E-state index in [4.69, 9.17) is 14.2 Å². The van der Waals surface area contributed by atoms with Gasteiger partial charge in [-0.3, -0.25) is 4.79 Å². The third-order valence-electron chi connectivity index (χ3n) is 8.50. The number of nitrogens with zero attached hydrogens (tertiary/aromatic N) is 1. The Labute approximate surface area is 225 Å². The van der Waals surface area contributed by atoms with Crippen LogP contribution in [0.5, 0.6) is 0 Å². The molecule has 0 spiro atoms. The van der Waals surface area contributed by atoms with Gasteiger partial charge < -0.3 is 45.0 Å². The Bertz CT molecular complexity index is 818. The van der Waals surface area contributed by atoms with Gasteiger partial charge in [0.2, 0.25) is 0 Å². The predicted octanol–water partition coefficient (Wildman–Crippen LogP) is 1.58. The van der Waals surface area contributed by atoms with E-state index < -0.39 is 77.7 Å². The van der Waals surface area contributed by atoms with Crippen molar-refractivity contribution in [3.63, 3.8) is 0 Å². The number of carbonyl (C=O) groups excluding carboxylic acids is 1. The van der Waals surface area contributed by atoms with Crippen LogP contribution in [0.25, 0.3) is 0 Å². The summed E-state index contributed by atoms with van der Waals surface area (Å²) in [6, 6.07) is 0. The molecule has 2 aliphatic rings. The molecule has 0 aromatic carbocycles. The monoisotopic (exact) mass is 547 g/mol. The summed E-state index contributed by atoms with van der Waals surface area (Å²) in [7, 11) is 0. The van der Waals surface area contributed by atoms with Crippen LogP contribution >= 0.6 is 0 Å². The molecular weight excluding hydrogens is 498 g/mol. The zero-order chi connectivity index (χ0) is 29.2. The second-order valence-corrected chi connectivity index (χ2v) is 11.9. The number of aliphatic hydroxyl groups is 5. The summed E-state index contributed by atoms with van der Waals surface area (Å²) in [5, 5.41) is 69.2. The van der Waals surface area contributed by atoms with Crippen molar-refractivity contribution in [2.45, 2.75) is 135 Å². The van der Waals surface area contributed by atoms with Gasteiger partial charge in [0.1, 0.15) is 17.8 Å². The highest BCUT2D eigenvalue weighted by atomic mass is 16.7. The first kappa shape index (κ1) is 32.9. The molecule has 0 aromatic heterocycles. The zero-order valence-corrected chi connectivity index (χ0v) is 23.9. The SMILES string of the molecule is CC[C@H]1OC(=O)[C@H](C)[C@@H](O)[C@H](C)[C@@H](O[C@@H]2O[C@H](C)CC[C@H]2O)[C@](C)(O)C[C@@H](C)/C(=N\O)[C@H](C)[C@@H](O)[C@]1(C)O. The number of carbonyl (C=O) groups is 1. The van der Waals surface area contributed by atoms with Gasteiger partial charge >= 0.3 is 5.97 Å². The minimum Gasteiger partial charge on any atom is -0.459 e. The topological polar surface area (TPSA) is 178 Å². The molecule has 0 aliphatic carbocycles. The average Bonchev–Trinajstić information content (AvgIpc) is 2.84. The Morgan fingerprint density at radius 1 is 1.03 bits per heavy atom. The molecular formula is C27H49NO10. The number of aliphatic hydroxyl groups excluding tert-OH is 3. The molecule has 38 heavy (non-hydrogen) atoms. The molecule has 11 nitrogen and oxygen atoms in total. The second-order valence-electron chi connectivity index (χ2n) is 11.9. The maximum Gasteiger partial charge on any atom is 0.311 e. The fourth-order valence-electron chi connectivity index (χ4n) is 6.01. The van der Waals surface area contributed by atoms with Crippen molar-refractivity contribution in [3.05, 3.63) is 0 Å². The molecule has 0 saturated carbocycles. The Balaban J connectivity index is 2.57. The normalized spacial score (nSPS) is 49.3. The molecule has 0 amide bonds. The maximum atomic E-state index is 13.1. The van der Waals surface area contributed by atoms with Crippen molar-refractivity contribution in [1.29, 1.82) is 0 Å². The number of rotatable bonds is 3. The lowest BCUT2D eigenvalue weighted by molar-refractivity contribution is -0.289. The van der Waals surface area contributed by atoms with Crippen LogP contribution in [0.15, 0.2) is 5.16 Å². The summed E-state index contributed by atoms with van der Waals surface area (Å²) >= 11 is 0. The van der Waals surface area contributed by atoms with E-state index in [1.54, 1.807) is 27.7 Å². The molecule has 11 heteroatoms. The van der Waals surface area contributed by atoms with Crippen LogP contribution in [0.3, 0.4) is 0 Å². The first-order valence-corrected chi connectivity index (χ1v) is 13.7. The second kappa shape index (κ2) is 12.9. The average molecular weight is 548 g/mol. The predicted molar refractivity (Wildman–Crippen MR) is 138 cm³/mol. The van der Waals surface area contributed by atoms with E-state index in [9.17, 15) is 35.5 Å². The molecule has 222 valence electrons. The van der Waals surface area contributed by atoms with E-state index in [-0.39, 0.29) is 24.7 Å². The smallest absolute Gasteiger partial charge is 0.311 e. The van der Waals surface area contributed by atoms with Crippen LogP contribution < -0.4 is 0 Å².